The molecule has 38 valence electrons. The van der Waals surface area contributed by atoms with Crippen molar-refractivity contribution in [1.82, 2.24) is 0 Å². The number of thiol groups is 1. The third-order valence-electron chi connectivity index (χ3n) is 1.32. The molecule has 0 N–H and O–H groups in total. The van der Waals surface area contributed by atoms with Crippen molar-refractivity contribution in [3.8, 4) is 0 Å². The molecule has 0 saturated heterocycles. The van der Waals surface area contributed by atoms with Crippen molar-refractivity contribution in [2.24, 2.45) is 0 Å². The van der Waals surface area contributed by atoms with Gasteiger partial charge in [-0.3, -0.25) is 0 Å². The first-order valence-electron chi connectivity index (χ1n) is 2.57. The first-order valence-corrected chi connectivity index (χ1v) is 3.09. The summed E-state index contributed by atoms with van der Waals surface area (Å²) in [6.45, 7) is 0. The van der Waals surface area contributed by atoms with Crippen LogP contribution in [0.25, 0.3) is 0 Å². The Labute approximate surface area is 72.8 Å². The molecule has 0 heterocycles. The van der Waals surface area contributed by atoms with Crippen LogP contribution in [0.15, 0.2) is 0 Å². The average molecular weight is 126 g/mol. The van der Waals surface area contributed by atoms with E-state index >= 15 is 0 Å². The molecular weight excluding hydrogens is 115 g/mol. The molecule has 0 bridgehead atoms. The molecule has 1 aliphatic rings. The summed E-state index contributed by atoms with van der Waals surface area (Å²) in [6, 6.07) is 0. The minimum absolute atomic E-state index is 0. The Kier molecular flexibility index (Phi) is 5.07. The maximum atomic E-state index is 4.29. The Morgan fingerprint density at radius 1 is 1.14 bits per heavy atom. The quantitative estimate of drug-likeness (QED) is 0.366. The normalized spacial score (nSPS) is 21.9. The molecule has 0 amide bonds. The summed E-state index contributed by atoms with van der Waals surface area (Å²) in [4.78, 5) is 0. The van der Waals surface area contributed by atoms with Gasteiger partial charge in [-0.2, -0.15) is 12.6 Å². The Hall–Kier alpha value is 1.35. The SMILES string of the molecule is SC1CCCC1.[NaH]. The van der Waals surface area contributed by atoms with Gasteiger partial charge < -0.3 is 0 Å². The van der Waals surface area contributed by atoms with Gasteiger partial charge in [-0.25, -0.2) is 0 Å². The zero-order valence-electron chi connectivity index (χ0n) is 3.85. The van der Waals surface area contributed by atoms with E-state index < -0.39 is 0 Å². The molecule has 1 rings (SSSR count). The first-order chi connectivity index (χ1) is 2.89. The van der Waals surface area contributed by atoms with Gasteiger partial charge in [-0.1, -0.05) is 12.8 Å². The molecule has 1 aliphatic carbocycles. The number of hydrogen-bond acceptors (Lipinski definition) is 1. The van der Waals surface area contributed by atoms with Crippen molar-refractivity contribution in [1.29, 1.82) is 0 Å². The van der Waals surface area contributed by atoms with E-state index in [-0.39, 0.29) is 29.6 Å². The third-order valence-corrected chi connectivity index (χ3v) is 1.84. The van der Waals surface area contributed by atoms with Crippen LogP contribution in [0.4, 0.5) is 0 Å². The second-order valence-corrected chi connectivity index (χ2v) is 2.67. The molecule has 0 radical (unpaired) electrons. The van der Waals surface area contributed by atoms with Crippen LogP contribution in [-0.2, 0) is 0 Å². The Bertz CT molecular complexity index is 41.3. The molecule has 1 saturated carbocycles. The van der Waals surface area contributed by atoms with E-state index in [2.05, 4.69) is 12.6 Å². The van der Waals surface area contributed by atoms with Crippen LogP contribution in [0.5, 0.6) is 0 Å². The number of rotatable bonds is 0. The first kappa shape index (κ1) is 8.35. The third kappa shape index (κ3) is 3.02. The van der Waals surface area contributed by atoms with Crippen molar-refractivity contribution < 1.29 is 0 Å². The summed E-state index contributed by atoms with van der Waals surface area (Å²) in [5, 5.41) is 0.741. The van der Waals surface area contributed by atoms with E-state index in [1.165, 1.54) is 25.7 Å². The van der Waals surface area contributed by atoms with Gasteiger partial charge in [0.1, 0.15) is 0 Å². The molecule has 0 aromatic heterocycles. The monoisotopic (exact) mass is 126 g/mol. The second-order valence-electron chi connectivity index (χ2n) is 1.94. The summed E-state index contributed by atoms with van der Waals surface area (Å²) in [5.74, 6) is 0. The van der Waals surface area contributed by atoms with Gasteiger partial charge in [0.2, 0.25) is 0 Å². The molecular formula is C5H11NaS. The second kappa shape index (κ2) is 4.25. The van der Waals surface area contributed by atoms with E-state index in [0.29, 0.717) is 0 Å². The van der Waals surface area contributed by atoms with Gasteiger partial charge in [-0.05, 0) is 12.8 Å². The summed E-state index contributed by atoms with van der Waals surface area (Å²) in [5.41, 5.74) is 0. The van der Waals surface area contributed by atoms with Gasteiger partial charge in [0.05, 0.1) is 0 Å². The minimum atomic E-state index is 0. The predicted molar refractivity (Wildman–Crippen MR) is 38.4 cm³/mol. The standard InChI is InChI=1S/C5H10S.Na.H/c6-5-3-1-2-4-5;;/h5-6H,1-4H2;;. The molecule has 0 spiro atoms. The van der Waals surface area contributed by atoms with Crippen molar-refractivity contribution in [3.63, 3.8) is 0 Å². The summed E-state index contributed by atoms with van der Waals surface area (Å²) < 4.78 is 0. The van der Waals surface area contributed by atoms with Crippen LogP contribution in [0.1, 0.15) is 25.7 Å². The van der Waals surface area contributed by atoms with E-state index in [4.69, 9.17) is 0 Å². The number of hydrogen-bond donors (Lipinski definition) is 1. The van der Waals surface area contributed by atoms with Crippen LogP contribution in [-0.4, -0.2) is 34.8 Å². The van der Waals surface area contributed by atoms with Crippen molar-refractivity contribution in [3.05, 3.63) is 0 Å². The summed E-state index contributed by atoms with van der Waals surface area (Å²) >= 11 is 4.29. The van der Waals surface area contributed by atoms with Crippen molar-refractivity contribution >= 4 is 42.2 Å². The molecule has 2 heteroatoms. The molecule has 0 aromatic carbocycles. The molecule has 0 aromatic rings. The molecule has 0 nitrogen and oxygen atoms in total. The Morgan fingerprint density at radius 3 is 1.71 bits per heavy atom. The zero-order chi connectivity index (χ0) is 4.41. The molecule has 1 fully saturated rings. The van der Waals surface area contributed by atoms with E-state index in [0.717, 1.165) is 5.25 Å². The Balaban J connectivity index is 0.000000360. The topological polar surface area (TPSA) is 0 Å². The fourth-order valence-electron chi connectivity index (χ4n) is 0.904. The van der Waals surface area contributed by atoms with Crippen LogP contribution in [0.2, 0.25) is 0 Å². The van der Waals surface area contributed by atoms with E-state index in [1.54, 1.807) is 0 Å². The fraction of sp³-hybridized carbons (Fsp3) is 1.00. The fourth-order valence-corrected chi connectivity index (χ4v) is 1.27. The van der Waals surface area contributed by atoms with Crippen molar-refractivity contribution in [2.45, 2.75) is 30.9 Å². The zero-order valence-corrected chi connectivity index (χ0v) is 4.75. The van der Waals surface area contributed by atoms with Gasteiger partial charge in [0.15, 0.2) is 0 Å². The van der Waals surface area contributed by atoms with Gasteiger partial charge in [0, 0.05) is 5.25 Å². The summed E-state index contributed by atoms with van der Waals surface area (Å²) in [7, 11) is 0. The van der Waals surface area contributed by atoms with E-state index in [9.17, 15) is 0 Å². The summed E-state index contributed by atoms with van der Waals surface area (Å²) in [6.07, 6.45) is 5.52. The van der Waals surface area contributed by atoms with Gasteiger partial charge in [0.25, 0.3) is 0 Å². The predicted octanol–water partition coefficient (Wildman–Crippen LogP) is 1.21. The van der Waals surface area contributed by atoms with Crippen molar-refractivity contribution in [2.75, 3.05) is 0 Å². The molecule has 0 unspecified atom stereocenters. The van der Waals surface area contributed by atoms with Gasteiger partial charge in [-0.15, -0.1) is 0 Å². The van der Waals surface area contributed by atoms with Crippen LogP contribution >= 0.6 is 12.6 Å². The Morgan fingerprint density at radius 2 is 1.57 bits per heavy atom. The molecule has 0 aliphatic heterocycles. The van der Waals surface area contributed by atoms with Gasteiger partial charge >= 0.3 is 29.6 Å². The van der Waals surface area contributed by atoms with Crippen LogP contribution in [0.3, 0.4) is 0 Å². The maximum absolute atomic E-state index is 4.29. The average Bonchev–Trinajstić information content (AvgIpc) is 1.86. The van der Waals surface area contributed by atoms with Crippen LogP contribution < -0.4 is 0 Å². The molecule has 0 atom stereocenters. The van der Waals surface area contributed by atoms with E-state index in [1.807, 2.05) is 0 Å². The van der Waals surface area contributed by atoms with Crippen LogP contribution in [0, 0.1) is 0 Å². The molecule has 7 heavy (non-hydrogen) atoms.